The zero-order valence-electron chi connectivity index (χ0n) is 8.62. The molecule has 1 aliphatic rings. The molecule has 0 aromatic heterocycles. The standard InChI is InChI=1S/C9H18N2O2/c1-8(2)10(3)9(12)11-6-4-5-7-13-11/h8H,4-7H2,1-3H3. The molecule has 0 aromatic carbocycles. The molecule has 1 fully saturated rings. The summed E-state index contributed by atoms with van der Waals surface area (Å²) in [5.41, 5.74) is 0. The van der Waals surface area contributed by atoms with Gasteiger partial charge in [-0.25, -0.2) is 9.86 Å². The smallest absolute Gasteiger partial charge is 0.324 e. The second kappa shape index (κ2) is 4.46. The molecule has 1 heterocycles. The first-order valence-electron chi connectivity index (χ1n) is 4.80. The number of carbonyl (C=O) groups excluding carboxylic acids is 1. The third-order valence-corrected chi connectivity index (χ3v) is 2.29. The monoisotopic (exact) mass is 186 g/mol. The summed E-state index contributed by atoms with van der Waals surface area (Å²) in [6.45, 7) is 5.36. The van der Waals surface area contributed by atoms with Crippen LogP contribution in [-0.2, 0) is 4.84 Å². The number of carbonyl (C=O) groups is 1. The second-order valence-electron chi connectivity index (χ2n) is 3.63. The highest BCUT2D eigenvalue weighted by Gasteiger charge is 2.22. The molecular weight excluding hydrogens is 168 g/mol. The summed E-state index contributed by atoms with van der Waals surface area (Å²) in [5.74, 6) is 0. The fourth-order valence-electron chi connectivity index (χ4n) is 1.14. The summed E-state index contributed by atoms with van der Waals surface area (Å²) in [4.78, 5) is 18.6. The number of hydroxylamine groups is 2. The number of urea groups is 1. The van der Waals surface area contributed by atoms with Crippen molar-refractivity contribution in [2.75, 3.05) is 20.2 Å². The van der Waals surface area contributed by atoms with Gasteiger partial charge >= 0.3 is 6.03 Å². The Bertz CT molecular complexity index is 176. The molecule has 0 N–H and O–H groups in total. The van der Waals surface area contributed by atoms with E-state index in [1.54, 1.807) is 11.9 Å². The van der Waals surface area contributed by atoms with Gasteiger partial charge in [-0.2, -0.15) is 0 Å². The van der Waals surface area contributed by atoms with Gasteiger partial charge in [0.05, 0.1) is 13.2 Å². The zero-order chi connectivity index (χ0) is 9.84. The van der Waals surface area contributed by atoms with E-state index < -0.39 is 0 Å². The molecule has 1 aliphatic heterocycles. The van der Waals surface area contributed by atoms with Crippen LogP contribution >= 0.6 is 0 Å². The first-order chi connectivity index (χ1) is 6.13. The van der Waals surface area contributed by atoms with Crippen molar-refractivity contribution in [1.29, 1.82) is 0 Å². The van der Waals surface area contributed by atoms with Crippen LogP contribution in [-0.4, -0.2) is 42.2 Å². The number of hydrogen-bond acceptors (Lipinski definition) is 2. The first kappa shape index (κ1) is 10.3. The highest BCUT2D eigenvalue weighted by atomic mass is 16.7. The van der Waals surface area contributed by atoms with Crippen LogP contribution in [0.3, 0.4) is 0 Å². The van der Waals surface area contributed by atoms with Crippen molar-refractivity contribution in [2.24, 2.45) is 0 Å². The SMILES string of the molecule is CC(C)N(C)C(=O)N1CCCCO1. The molecule has 0 saturated carbocycles. The highest BCUT2D eigenvalue weighted by molar-refractivity contribution is 5.73. The predicted octanol–water partition coefficient (Wildman–Crippen LogP) is 1.47. The molecule has 1 rings (SSSR count). The third-order valence-electron chi connectivity index (χ3n) is 2.29. The summed E-state index contributed by atoms with van der Waals surface area (Å²) >= 11 is 0. The quantitative estimate of drug-likeness (QED) is 0.621. The lowest BCUT2D eigenvalue weighted by molar-refractivity contribution is -0.147. The van der Waals surface area contributed by atoms with Gasteiger partial charge in [0, 0.05) is 13.1 Å². The van der Waals surface area contributed by atoms with Crippen molar-refractivity contribution in [3.05, 3.63) is 0 Å². The van der Waals surface area contributed by atoms with Crippen molar-refractivity contribution in [3.63, 3.8) is 0 Å². The lowest BCUT2D eigenvalue weighted by Crippen LogP contribution is -2.46. The minimum atomic E-state index is -0.0327. The van der Waals surface area contributed by atoms with E-state index in [2.05, 4.69) is 0 Å². The summed E-state index contributed by atoms with van der Waals surface area (Å²) in [6.07, 6.45) is 2.09. The Morgan fingerprint density at radius 3 is 2.62 bits per heavy atom. The van der Waals surface area contributed by atoms with Crippen LogP contribution < -0.4 is 0 Å². The molecule has 2 amide bonds. The van der Waals surface area contributed by atoms with Gasteiger partial charge in [-0.1, -0.05) is 0 Å². The molecular formula is C9H18N2O2. The minimum absolute atomic E-state index is 0.0327. The minimum Gasteiger partial charge on any atom is -0.324 e. The fraction of sp³-hybridized carbons (Fsp3) is 0.889. The lowest BCUT2D eigenvalue weighted by atomic mass is 10.3. The summed E-state index contributed by atoms with van der Waals surface area (Å²) in [6, 6.07) is 0.188. The van der Waals surface area contributed by atoms with E-state index in [0.717, 1.165) is 19.4 Å². The Morgan fingerprint density at radius 2 is 2.15 bits per heavy atom. The Morgan fingerprint density at radius 1 is 1.46 bits per heavy atom. The van der Waals surface area contributed by atoms with Gasteiger partial charge < -0.3 is 4.90 Å². The van der Waals surface area contributed by atoms with Gasteiger partial charge in [0.1, 0.15) is 0 Å². The molecule has 0 bridgehead atoms. The van der Waals surface area contributed by atoms with Crippen molar-refractivity contribution in [1.82, 2.24) is 9.96 Å². The second-order valence-corrected chi connectivity index (χ2v) is 3.63. The van der Waals surface area contributed by atoms with Gasteiger partial charge in [0.2, 0.25) is 0 Å². The summed E-state index contributed by atoms with van der Waals surface area (Å²) in [5, 5.41) is 1.46. The average molecular weight is 186 g/mol. The predicted molar refractivity (Wildman–Crippen MR) is 50.2 cm³/mol. The molecule has 76 valence electrons. The largest absolute Gasteiger partial charge is 0.343 e. The van der Waals surface area contributed by atoms with Crippen LogP contribution in [0.2, 0.25) is 0 Å². The van der Waals surface area contributed by atoms with Crippen LogP contribution in [0, 0.1) is 0 Å². The molecule has 1 saturated heterocycles. The van der Waals surface area contributed by atoms with Crippen LogP contribution in [0.25, 0.3) is 0 Å². The van der Waals surface area contributed by atoms with Gasteiger partial charge in [-0.05, 0) is 26.7 Å². The molecule has 0 unspecified atom stereocenters. The maximum atomic E-state index is 11.7. The van der Waals surface area contributed by atoms with Gasteiger partial charge in [0.15, 0.2) is 0 Å². The number of amides is 2. The van der Waals surface area contributed by atoms with E-state index >= 15 is 0 Å². The molecule has 0 aliphatic carbocycles. The van der Waals surface area contributed by atoms with Crippen molar-refractivity contribution >= 4 is 6.03 Å². The molecule has 4 nitrogen and oxygen atoms in total. The number of hydrogen-bond donors (Lipinski definition) is 0. The third kappa shape index (κ3) is 2.59. The molecule has 0 radical (unpaired) electrons. The van der Waals surface area contributed by atoms with Crippen LogP contribution in [0.5, 0.6) is 0 Å². The maximum Gasteiger partial charge on any atom is 0.343 e. The Hall–Kier alpha value is -0.770. The van der Waals surface area contributed by atoms with E-state index in [1.807, 2.05) is 13.8 Å². The first-order valence-corrected chi connectivity index (χ1v) is 4.80. The average Bonchev–Trinajstić information content (AvgIpc) is 2.17. The van der Waals surface area contributed by atoms with Gasteiger partial charge in [0.25, 0.3) is 0 Å². The fourth-order valence-corrected chi connectivity index (χ4v) is 1.14. The van der Waals surface area contributed by atoms with E-state index in [9.17, 15) is 4.79 Å². The Kier molecular flexibility index (Phi) is 3.54. The molecule has 0 atom stereocenters. The normalized spacial score (nSPS) is 17.7. The molecule has 4 heteroatoms. The molecule has 13 heavy (non-hydrogen) atoms. The van der Waals surface area contributed by atoms with Gasteiger partial charge in [-0.15, -0.1) is 0 Å². The van der Waals surface area contributed by atoms with Crippen molar-refractivity contribution < 1.29 is 9.63 Å². The number of rotatable bonds is 1. The van der Waals surface area contributed by atoms with E-state index in [1.165, 1.54) is 5.06 Å². The number of nitrogens with zero attached hydrogens (tertiary/aromatic N) is 2. The van der Waals surface area contributed by atoms with Crippen LogP contribution in [0.1, 0.15) is 26.7 Å². The van der Waals surface area contributed by atoms with E-state index in [0.29, 0.717) is 6.61 Å². The summed E-state index contributed by atoms with van der Waals surface area (Å²) < 4.78 is 0. The topological polar surface area (TPSA) is 32.8 Å². The zero-order valence-corrected chi connectivity index (χ0v) is 8.62. The maximum absolute atomic E-state index is 11.7. The highest BCUT2D eigenvalue weighted by Crippen LogP contribution is 2.09. The van der Waals surface area contributed by atoms with Crippen LogP contribution in [0.15, 0.2) is 0 Å². The molecule has 0 spiro atoms. The Balaban J connectivity index is 2.45. The van der Waals surface area contributed by atoms with Crippen molar-refractivity contribution in [2.45, 2.75) is 32.7 Å². The van der Waals surface area contributed by atoms with Gasteiger partial charge in [-0.3, -0.25) is 4.84 Å². The van der Waals surface area contributed by atoms with Crippen LogP contribution in [0.4, 0.5) is 4.79 Å². The molecule has 0 aromatic rings. The van der Waals surface area contributed by atoms with Crippen molar-refractivity contribution in [3.8, 4) is 0 Å². The Labute approximate surface area is 79.4 Å². The summed E-state index contributed by atoms with van der Waals surface area (Å²) in [7, 11) is 1.80. The van der Waals surface area contributed by atoms with E-state index in [-0.39, 0.29) is 12.1 Å². The lowest BCUT2D eigenvalue weighted by Gasteiger charge is -2.31. The van der Waals surface area contributed by atoms with E-state index in [4.69, 9.17) is 4.84 Å².